The van der Waals surface area contributed by atoms with E-state index < -0.39 is 18.0 Å². The van der Waals surface area contributed by atoms with Crippen molar-refractivity contribution < 1.29 is 14.3 Å². The fraction of sp³-hybridized carbons (Fsp3) is 0.160. The Morgan fingerprint density at radius 2 is 1.50 bits per heavy atom. The molecule has 3 aromatic carbocycles. The summed E-state index contributed by atoms with van der Waals surface area (Å²) in [5.41, 5.74) is 4.56. The maximum absolute atomic E-state index is 12.9. The fourth-order valence-electron chi connectivity index (χ4n) is 3.23. The van der Waals surface area contributed by atoms with Crippen molar-refractivity contribution in [2.45, 2.75) is 26.9 Å². The number of nitrogens with zero attached hydrogens (tertiary/aromatic N) is 1. The summed E-state index contributed by atoms with van der Waals surface area (Å²) in [7, 11) is 0. The molecule has 1 atom stereocenters. The van der Waals surface area contributed by atoms with E-state index in [1.807, 2.05) is 32.0 Å². The van der Waals surface area contributed by atoms with Crippen LogP contribution in [0.2, 0.25) is 0 Å². The molecule has 150 valence electrons. The Morgan fingerprint density at radius 3 is 2.17 bits per heavy atom. The average molecular weight is 398 g/mol. The molecule has 0 bridgehead atoms. The Morgan fingerprint density at radius 1 is 0.900 bits per heavy atom. The SMILES string of the molecule is Cc1cccc(C)c1NC(=O)[C@H](C)OC(=O)c1ccccc1-c1ccccc1C#N. The molecule has 0 spiro atoms. The number of carbonyl (C=O) groups excluding carboxylic acids is 2. The van der Waals surface area contributed by atoms with Crippen LogP contribution in [0.1, 0.15) is 34.0 Å². The molecule has 0 radical (unpaired) electrons. The first-order chi connectivity index (χ1) is 14.4. The molecular formula is C25H22N2O3. The van der Waals surface area contributed by atoms with Gasteiger partial charge in [-0.2, -0.15) is 5.26 Å². The highest BCUT2D eigenvalue weighted by Gasteiger charge is 2.22. The number of nitrogens with one attached hydrogen (secondary N) is 1. The number of nitriles is 1. The van der Waals surface area contributed by atoms with Crippen LogP contribution in [0.4, 0.5) is 5.69 Å². The molecule has 0 fully saturated rings. The predicted octanol–water partition coefficient (Wildman–Crippen LogP) is 5.03. The van der Waals surface area contributed by atoms with Crippen LogP contribution >= 0.6 is 0 Å². The number of esters is 1. The zero-order valence-electron chi connectivity index (χ0n) is 17.1. The Hall–Kier alpha value is -3.91. The van der Waals surface area contributed by atoms with Crippen LogP contribution in [0, 0.1) is 25.2 Å². The molecule has 0 aliphatic heterocycles. The van der Waals surface area contributed by atoms with E-state index in [-0.39, 0.29) is 0 Å². The number of aryl methyl sites for hydroxylation is 2. The highest BCUT2D eigenvalue weighted by Crippen LogP contribution is 2.28. The van der Waals surface area contributed by atoms with E-state index in [1.54, 1.807) is 48.5 Å². The number of benzene rings is 3. The standard InChI is InChI=1S/C25H22N2O3/c1-16-9-8-10-17(2)23(16)27-24(28)18(3)30-25(29)22-14-7-6-13-21(22)20-12-5-4-11-19(20)15-26/h4-14,18H,1-3H3,(H,27,28)/t18-/m0/s1. The average Bonchev–Trinajstić information content (AvgIpc) is 2.76. The van der Waals surface area contributed by atoms with Gasteiger partial charge in [-0.15, -0.1) is 0 Å². The van der Waals surface area contributed by atoms with Crippen molar-refractivity contribution in [3.8, 4) is 17.2 Å². The number of amides is 1. The number of hydrogen-bond donors (Lipinski definition) is 1. The topological polar surface area (TPSA) is 79.2 Å². The van der Waals surface area contributed by atoms with Gasteiger partial charge in [-0.25, -0.2) is 4.79 Å². The van der Waals surface area contributed by atoms with E-state index in [0.29, 0.717) is 27.9 Å². The number of hydrogen-bond acceptors (Lipinski definition) is 4. The van der Waals surface area contributed by atoms with Gasteiger partial charge in [0.2, 0.25) is 0 Å². The van der Waals surface area contributed by atoms with Crippen LogP contribution in [-0.2, 0) is 9.53 Å². The Bertz CT molecular complexity index is 1120. The van der Waals surface area contributed by atoms with Gasteiger partial charge >= 0.3 is 5.97 Å². The first kappa shape index (κ1) is 20.8. The van der Waals surface area contributed by atoms with E-state index in [0.717, 1.165) is 11.1 Å². The summed E-state index contributed by atoms with van der Waals surface area (Å²) in [4.78, 5) is 25.5. The molecule has 5 nitrogen and oxygen atoms in total. The molecule has 0 saturated heterocycles. The van der Waals surface area contributed by atoms with Crippen molar-refractivity contribution in [2.24, 2.45) is 0 Å². The monoisotopic (exact) mass is 398 g/mol. The highest BCUT2D eigenvalue weighted by molar-refractivity contribution is 6.01. The minimum Gasteiger partial charge on any atom is -0.449 e. The second kappa shape index (κ2) is 9.06. The number of carbonyl (C=O) groups is 2. The summed E-state index contributed by atoms with van der Waals surface area (Å²) >= 11 is 0. The number of para-hydroxylation sites is 1. The third-order valence-electron chi connectivity index (χ3n) is 4.87. The molecule has 0 aromatic heterocycles. The summed E-state index contributed by atoms with van der Waals surface area (Å²) in [6, 6.07) is 21.8. The largest absolute Gasteiger partial charge is 0.449 e. The molecule has 0 heterocycles. The minimum atomic E-state index is -0.990. The van der Waals surface area contributed by atoms with Gasteiger partial charge in [-0.3, -0.25) is 4.79 Å². The molecule has 5 heteroatoms. The van der Waals surface area contributed by atoms with Crippen molar-refractivity contribution in [1.29, 1.82) is 5.26 Å². The van der Waals surface area contributed by atoms with Crippen LogP contribution in [0.5, 0.6) is 0 Å². The van der Waals surface area contributed by atoms with Gasteiger partial charge in [-0.1, -0.05) is 54.6 Å². The predicted molar refractivity (Wildman–Crippen MR) is 116 cm³/mol. The Kier molecular flexibility index (Phi) is 6.29. The lowest BCUT2D eigenvalue weighted by molar-refractivity contribution is -0.123. The van der Waals surface area contributed by atoms with Gasteiger partial charge in [0, 0.05) is 11.3 Å². The molecule has 0 aliphatic rings. The molecule has 3 rings (SSSR count). The van der Waals surface area contributed by atoms with Crippen molar-refractivity contribution in [3.63, 3.8) is 0 Å². The van der Waals surface area contributed by atoms with E-state index in [4.69, 9.17) is 4.74 Å². The van der Waals surface area contributed by atoms with Crippen LogP contribution < -0.4 is 5.32 Å². The molecular weight excluding hydrogens is 376 g/mol. The van der Waals surface area contributed by atoms with Crippen LogP contribution in [0.25, 0.3) is 11.1 Å². The lowest BCUT2D eigenvalue weighted by atomic mass is 9.96. The van der Waals surface area contributed by atoms with Gasteiger partial charge in [-0.05, 0) is 49.6 Å². The molecule has 0 saturated carbocycles. The van der Waals surface area contributed by atoms with Crippen molar-refractivity contribution in [3.05, 3.63) is 89.0 Å². The second-order valence-electron chi connectivity index (χ2n) is 7.01. The Labute approximate surface area is 175 Å². The lowest BCUT2D eigenvalue weighted by Gasteiger charge is -2.17. The molecule has 1 N–H and O–H groups in total. The second-order valence-corrected chi connectivity index (χ2v) is 7.01. The van der Waals surface area contributed by atoms with Crippen LogP contribution in [-0.4, -0.2) is 18.0 Å². The third kappa shape index (κ3) is 4.39. The van der Waals surface area contributed by atoms with Crippen LogP contribution in [0.3, 0.4) is 0 Å². The molecule has 0 unspecified atom stereocenters. The quantitative estimate of drug-likeness (QED) is 0.612. The summed E-state index contributed by atoms with van der Waals surface area (Å²) in [5.74, 6) is -1.03. The lowest BCUT2D eigenvalue weighted by Crippen LogP contribution is -2.30. The van der Waals surface area contributed by atoms with Gasteiger partial charge in [0.15, 0.2) is 6.10 Å². The van der Waals surface area contributed by atoms with Gasteiger partial charge < -0.3 is 10.1 Å². The summed E-state index contributed by atoms with van der Waals surface area (Å²) in [6.45, 7) is 5.34. The molecule has 3 aromatic rings. The van der Waals surface area contributed by atoms with Crippen molar-refractivity contribution in [2.75, 3.05) is 5.32 Å². The smallest absolute Gasteiger partial charge is 0.339 e. The van der Waals surface area contributed by atoms with E-state index >= 15 is 0 Å². The molecule has 30 heavy (non-hydrogen) atoms. The summed E-state index contributed by atoms with van der Waals surface area (Å²) in [5, 5.41) is 12.2. The molecule has 1 amide bonds. The normalized spacial score (nSPS) is 11.3. The highest BCUT2D eigenvalue weighted by atomic mass is 16.5. The third-order valence-corrected chi connectivity index (χ3v) is 4.87. The minimum absolute atomic E-state index is 0.298. The van der Waals surface area contributed by atoms with E-state index in [1.165, 1.54) is 6.92 Å². The first-order valence-corrected chi connectivity index (χ1v) is 9.59. The Balaban J connectivity index is 1.81. The van der Waals surface area contributed by atoms with E-state index in [9.17, 15) is 14.9 Å². The summed E-state index contributed by atoms with van der Waals surface area (Å²) in [6.07, 6.45) is -0.990. The van der Waals surface area contributed by atoms with E-state index in [2.05, 4.69) is 11.4 Å². The zero-order chi connectivity index (χ0) is 21.7. The number of rotatable bonds is 5. The zero-order valence-corrected chi connectivity index (χ0v) is 17.1. The number of ether oxygens (including phenoxy) is 1. The van der Waals surface area contributed by atoms with Gasteiger partial charge in [0.05, 0.1) is 17.2 Å². The fourth-order valence-corrected chi connectivity index (χ4v) is 3.23. The van der Waals surface area contributed by atoms with Crippen molar-refractivity contribution in [1.82, 2.24) is 0 Å². The maximum Gasteiger partial charge on any atom is 0.339 e. The van der Waals surface area contributed by atoms with Crippen molar-refractivity contribution >= 4 is 17.6 Å². The summed E-state index contributed by atoms with van der Waals surface area (Å²) < 4.78 is 5.45. The number of anilines is 1. The molecule has 0 aliphatic carbocycles. The first-order valence-electron chi connectivity index (χ1n) is 9.59. The van der Waals surface area contributed by atoms with Gasteiger partial charge in [0.1, 0.15) is 0 Å². The van der Waals surface area contributed by atoms with Crippen LogP contribution in [0.15, 0.2) is 66.7 Å². The maximum atomic E-state index is 12.9. The van der Waals surface area contributed by atoms with Gasteiger partial charge in [0.25, 0.3) is 5.91 Å².